The summed E-state index contributed by atoms with van der Waals surface area (Å²) in [6.45, 7) is 4.78. The lowest BCUT2D eigenvalue weighted by Crippen LogP contribution is -2.39. The van der Waals surface area contributed by atoms with Gasteiger partial charge in [0.2, 0.25) is 5.91 Å². The van der Waals surface area contributed by atoms with E-state index in [0.717, 1.165) is 17.7 Å². The first kappa shape index (κ1) is 18.0. The number of amides is 2. The Morgan fingerprint density at radius 3 is 2.69 bits per heavy atom. The van der Waals surface area contributed by atoms with E-state index in [0.29, 0.717) is 30.8 Å². The highest BCUT2D eigenvalue weighted by Gasteiger charge is 2.25. The third kappa shape index (κ3) is 4.23. The number of benzene rings is 2. The monoisotopic (exact) mass is 352 g/mol. The quantitative estimate of drug-likeness (QED) is 0.862. The van der Waals surface area contributed by atoms with Gasteiger partial charge in [0, 0.05) is 24.7 Å². The molecule has 0 unspecified atom stereocenters. The van der Waals surface area contributed by atoms with Crippen LogP contribution in [0.4, 0.5) is 11.4 Å². The summed E-state index contributed by atoms with van der Waals surface area (Å²) in [5, 5.41) is 2.91. The van der Waals surface area contributed by atoms with Crippen LogP contribution in [0.2, 0.25) is 0 Å². The fourth-order valence-corrected chi connectivity index (χ4v) is 2.99. The lowest BCUT2D eigenvalue weighted by Gasteiger charge is -2.29. The number of aryl methyl sites for hydroxylation is 2. The van der Waals surface area contributed by atoms with Crippen molar-refractivity contribution in [2.75, 3.05) is 23.4 Å². The summed E-state index contributed by atoms with van der Waals surface area (Å²) in [6.07, 6.45) is 2.00. The summed E-state index contributed by atoms with van der Waals surface area (Å²) < 4.78 is 5.53. The Bertz CT molecular complexity index is 799. The maximum Gasteiger partial charge on any atom is 0.265 e. The van der Waals surface area contributed by atoms with Crippen molar-refractivity contribution in [1.82, 2.24) is 0 Å². The molecular weight excluding hydrogens is 328 g/mol. The van der Waals surface area contributed by atoms with E-state index in [2.05, 4.69) is 29.6 Å². The number of carbonyl (C=O) groups is 2. The number of nitrogens with zero attached hydrogens (tertiary/aromatic N) is 1. The van der Waals surface area contributed by atoms with Gasteiger partial charge >= 0.3 is 0 Å². The van der Waals surface area contributed by atoms with Crippen molar-refractivity contribution in [2.24, 2.45) is 0 Å². The summed E-state index contributed by atoms with van der Waals surface area (Å²) in [4.78, 5) is 25.9. The van der Waals surface area contributed by atoms with E-state index in [1.54, 1.807) is 11.0 Å². The molecule has 1 heterocycles. The molecule has 0 saturated heterocycles. The highest BCUT2D eigenvalue weighted by Crippen LogP contribution is 2.34. The van der Waals surface area contributed by atoms with Gasteiger partial charge in [-0.3, -0.25) is 9.59 Å². The largest absolute Gasteiger partial charge is 0.481 e. The average Bonchev–Trinajstić information content (AvgIpc) is 2.64. The Labute approximate surface area is 154 Å². The third-order valence-corrected chi connectivity index (χ3v) is 4.40. The molecule has 2 aromatic carbocycles. The number of fused-ring (bicyclic) bond motifs is 1. The Morgan fingerprint density at radius 2 is 1.96 bits per heavy atom. The van der Waals surface area contributed by atoms with E-state index < -0.39 is 0 Å². The zero-order valence-electron chi connectivity index (χ0n) is 15.2. The topological polar surface area (TPSA) is 58.6 Å². The fraction of sp³-hybridized carbons (Fsp3) is 0.333. The normalized spacial score (nSPS) is 13.2. The average molecular weight is 352 g/mol. The van der Waals surface area contributed by atoms with Crippen molar-refractivity contribution in [3.05, 3.63) is 53.6 Å². The number of ether oxygens (including phenoxy) is 1. The van der Waals surface area contributed by atoms with E-state index in [-0.39, 0.29) is 18.4 Å². The Kier molecular flexibility index (Phi) is 5.56. The molecule has 5 heteroatoms. The molecule has 2 aromatic rings. The molecule has 26 heavy (non-hydrogen) atoms. The van der Waals surface area contributed by atoms with Crippen molar-refractivity contribution in [3.63, 3.8) is 0 Å². The van der Waals surface area contributed by atoms with Gasteiger partial charge in [0.25, 0.3) is 5.91 Å². The number of anilines is 2. The Hall–Kier alpha value is -2.82. The highest BCUT2D eigenvalue weighted by atomic mass is 16.5. The molecule has 0 bridgehead atoms. The van der Waals surface area contributed by atoms with Crippen LogP contribution >= 0.6 is 0 Å². The Balaban J connectivity index is 1.62. The number of rotatable bonds is 6. The first-order chi connectivity index (χ1) is 12.6. The van der Waals surface area contributed by atoms with Crippen molar-refractivity contribution >= 4 is 23.2 Å². The highest BCUT2D eigenvalue weighted by molar-refractivity contribution is 5.99. The van der Waals surface area contributed by atoms with E-state index >= 15 is 0 Å². The van der Waals surface area contributed by atoms with Crippen molar-refractivity contribution in [3.8, 4) is 5.75 Å². The van der Waals surface area contributed by atoms with Gasteiger partial charge in [-0.2, -0.15) is 0 Å². The summed E-state index contributed by atoms with van der Waals surface area (Å²) in [6, 6.07) is 13.6. The van der Waals surface area contributed by atoms with Crippen LogP contribution in [0.1, 0.15) is 30.9 Å². The van der Waals surface area contributed by atoms with Crippen molar-refractivity contribution in [1.29, 1.82) is 0 Å². The Morgan fingerprint density at radius 1 is 1.19 bits per heavy atom. The second kappa shape index (κ2) is 8.04. The van der Waals surface area contributed by atoms with Crippen LogP contribution in [0.15, 0.2) is 42.5 Å². The van der Waals surface area contributed by atoms with Gasteiger partial charge in [-0.1, -0.05) is 36.8 Å². The van der Waals surface area contributed by atoms with Crippen molar-refractivity contribution < 1.29 is 14.3 Å². The van der Waals surface area contributed by atoms with Gasteiger partial charge in [0.1, 0.15) is 5.75 Å². The van der Waals surface area contributed by atoms with Crippen LogP contribution in [0, 0.1) is 6.92 Å². The summed E-state index contributed by atoms with van der Waals surface area (Å²) in [7, 11) is 0. The first-order valence-corrected chi connectivity index (χ1v) is 8.99. The summed E-state index contributed by atoms with van der Waals surface area (Å²) >= 11 is 0. The molecule has 0 radical (unpaired) electrons. The van der Waals surface area contributed by atoms with Crippen molar-refractivity contribution in [2.45, 2.75) is 33.1 Å². The molecule has 1 aliphatic rings. The molecule has 1 N–H and O–H groups in total. The molecule has 0 spiro atoms. The lowest BCUT2D eigenvalue weighted by molar-refractivity contribution is -0.121. The first-order valence-electron chi connectivity index (χ1n) is 8.99. The zero-order chi connectivity index (χ0) is 18.5. The molecule has 3 rings (SSSR count). The SMILES string of the molecule is CCCN1C(=O)COc2cc(NC(=O)CCc3ccc(C)cc3)ccc21. The molecule has 0 saturated carbocycles. The molecular formula is C21H24N2O3. The van der Waals surface area contributed by atoms with Gasteiger partial charge in [-0.15, -0.1) is 0 Å². The number of hydrogen-bond donors (Lipinski definition) is 1. The minimum atomic E-state index is -0.0391. The van der Waals surface area contributed by atoms with E-state index in [1.165, 1.54) is 5.56 Å². The minimum Gasteiger partial charge on any atom is -0.481 e. The predicted octanol–water partition coefficient (Wildman–Crippen LogP) is 3.70. The molecule has 0 aliphatic carbocycles. The van der Waals surface area contributed by atoms with Gasteiger partial charge in [-0.25, -0.2) is 0 Å². The maximum atomic E-state index is 12.2. The molecule has 5 nitrogen and oxygen atoms in total. The van der Waals surface area contributed by atoms with Gasteiger partial charge in [0.15, 0.2) is 6.61 Å². The van der Waals surface area contributed by atoms with Crippen LogP contribution in [-0.4, -0.2) is 25.0 Å². The van der Waals surface area contributed by atoms with Gasteiger partial charge in [0.05, 0.1) is 5.69 Å². The number of carbonyl (C=O) groups excluding carboxylic acids is 2. The zero-order valence-corrected chi connectivity index (χ0v) is 15.2. The molecule has 2 amide bonds. The van der Waals surface area contributed by atoms with Crippen LogP contribution < -0.4 is 15.0 Å². The summed E-state index contributed by atoms with van der Waals surface area (Å²) in [5.74, 6) is 0.562. The molecule has 1 aliphatic heterocycles. The molecule has 0 fully saturated rings. The number of hydrogen-bond acceptors (Lipinski definition) is 3. The van der Waals surface area contributed by atoms with Crippen LogP contribution in [0.5, 0.6) is 5.75 Å². The molecule has 0 aromatic heterocycles. The standard InChI is InChI=1S/C21H24N2O3/c1-3-12-23-18-10-9-17(13-19(18)26-14-21(23)25)22-20(24)11-8-16-6-4-15(2)5-7-16/h4-7,9-10,13H,3,8,11-12,14H2,1-2H3,(H,22,24). The van der Waals surface area contributed by atoms with Crippen LogP contribution in [0.3, 0.4) is 0 Å². The molecule has 136 valence electrons. The second-order valence-corrected chi connectivity index (χ2v) is 6.55. The summed E-state index contributed by atoms with van der Waals surface area (Å²) in [5.41, 5.74) is 3.81. The molecule has 0 atom stereocenters. The maximum absolute atomic E-state index is 12.2. The van der Waals surface area contributed by atoms with Gasteiger partial charge < -0.3 is 15.0 Å². The number of nitrogens with one attached hydrogen (secondary N) is 1. The van der Waals surface area contributed by atoms with Gasteiger partial charge in [-0.05, 0) is 37.5 Å². The van der Waals surface area contributed by atoms with E-state index in [4.69, 9.17) is 4.74 Å². The van der Waals surface area contributed by atoms with E-state index in [1.807, 2.05) is 26.0 Å². The second-order valence-electron chi connectivity index (χ2n) is 6.55. The predicted molar refractivity (Wildman–Crippen MR) is 103 cm³/mol. The smallest absolute Gasteiger partial charge is 0.265 e. The van der Waals surface area contributed by atoms with Crippen LogP contribution in [-0.2, 0) is 16.0 Å². The fourth-order valence-electron chi connectivity index (χ4n) is 2.99. The minimum absolute atomic E-state index is 0.0331. The third-order valence-electron chi connectivity index (χ3n) is 4.40. The lowest BCUT2D eigenvalue weighted by atomic mass is 10.1. The van der Waals surface area contributed by atoms with Crippen LogP contribution in [0.25, 0.3) is 0 Å². The van der Waals surface area contributed by atoms with E-state index in [9.17, 15) is 9.59 Å².